The third-order valence-electron chi connectivity index (χ3n) is 10.1. The number of nitrogens with zero attached hydrogens (tertiary/aromatic N) is 4. The zero-order valence-corrected chi connectivity index (χ0v) is 30.6. The number of carbonyl (C=O) groups is 5. The van der Waals surface area contributed by atoms with E-state index in [0.717, 1.165) is 16.7 Å². The van der Waals surface area contributed by atoms with Crippen LogP contribution in [0.25, 0.3) is 0 Å². The Hall–Kier alpha value is -6.56. The predicted octanol–water partition coefficient (Wildman–Crippen LogP) is 4.82. The van der Waals surface area contributed by atoms with E-state index in [0.29, 0.717) is 43.8 Å². The fourth-order valence-electron chi connectivity index (χ4n) is 7.10. The maximum absolute atomic E-state index is 15.3. The van der Waals surface area contributed by atoms with Gasteiger partial charge in [-0.2, -0.15) is 13.2 Å². The van der Waals surface area contributed by atoms with Gasteiger partial charge in [0.25, 0.3) is 17.7 Å². The Morgan fingerprint density at radius 2 is 1.63 bits per heavy atom. The number of methoxy groups -OCH3 is 1. The summed E-state index contributed by atoms with van der Waals surface area (Å²) in [6, 6.07) is 13.9. The van der Waals surface area contributed by atoms with Crippen LogP contribution in [0.4, 0.5) is 46.1 Å². The standard InChI is InChI=1S/C39H36F4N8O6/c1-44-35(53)23-5-3-4-6-28(23)46-30-18-33(45-19-26(30)39(41,42)43)47-29-8-7-22(16-32(29)57-2)50-13-11-49(12-14-50)20-21-15-24-25(17-27(21)40)38(56)51(37(24)55)31-9-10-34(52)48-36(31)54/h3-8,15-19,31H,9-14,20H2,1-2H3,(H,44,53)(H2,45,46,47)(H,48,52,54). The molecule has 1 unspecified atom stereocenters. The van der Waals surface area contributed by atoms with E-state index in [1.54, 1.807) is 24.3 Å². The third kappa shape index (κ3) is 7.80. The SMILES string of the molecule is CNC(=O)c1ccccc1Nc1cc(Nc2ccc(N3CCN(Cc4cc5c(cc4F)C(=O)N(C4CCC(=O)NC4=O)C5=O)CC3)cc2OC)ncc1C(F)(F)F. The van der Waals surface area contributed by atoms with Crippen molar-refractivity contribution in [2.75, 3.05) is 55.9 Å². The minimum Gasteiger partial charge on any atom is -0.494 e. The van der Waals surface area contributed by atoms with Crippen LogP contribution in [0.2, 0.25) is 0 Å². The Labute approximate surface area is 323 Å². The average molecular weight is 789 g/mol. The van der Waals surface area contributed by atoms with Crippen LogP contribution in [-0.2, 0) is 22.3 Å². The van der Waals surface area contributed by atoms with Crippen molar-refractivity contribution >= 4 is 58.1 Å². The molecule has 0 radical (unpaired) electrons. The number of fused-ring (bicyclic) bond motifs is 1. The molecule has 4 aromatic rings. The summed E-state index contributed by atoms with van der Waals surface area (Å²) in [5, 5.41) is 10.4. The van der Waals surface area contributed by atoms with Crippen LogP contribution in [-0.4, -0.2) is 90.7 Å². The van der Waals surface area contributed by atoms with Gasteiger partial charge in [-0.3, -0.25) is 39.1 Å². The lowest BCUT2D eigenvalue weighted by Gasteiger charge is -2.36. The zero-order valence-electron chi connectivity index (χ0n) is 30.6. The number of hydrogen-bond donors (Lipinski definition) is 4. The number of piperidine rings is 1. The Bertz CT molecular complexity index is 2300. The molecule has 2 saturated heterocycles. The molecule has 18 heteroatoms. The molecule has 1 atom stereocenters. The van der Waals surface area contributed by atoms with Crippen molar-refractivity contribution in [2.24, 2.45) is 0 Å². The highest BCUT2D eigenvalue weighted by Gasteiger charge is 2.45. The lowest BCUT2D eigenvalue weighted by molar-refractivity contribution is -0.137. The van der Waals surface area contributed by atoms with E-state index in [1.165, 1.54) is 38.4 Å². The van der Waals surface area contributed by atoms with E-state index < -0.39 is 53.1 Å². The quantitative estimate of drug-likeness (QED) is 0.129. The number of amides is 5. The van der Waals surface area contributed by atoms with Gasteiger partial charge in [-0.15, -0.1) is 0 Å². The number of aromatic nitrogens is 1. The van der Waals surface area contributed by atoms with Crippen LogP contribution in [0.5, 0.6) is 5.75 Å². The second kappa shape index (κ2) is 15.5. The molecule has 0 aliphatic carbocycles. The highest BCUT2D eigenvalue weighted by Crippen LogP contribution is 2.39. The summed E-state index contributed by atoms with van der Waals surface area (Å²) in [5.74, 6) is -3.39. The van der Waals surface area contributed by atoms with E-state index in [1.807, 2.05) is 11.0 Å². The largest absolute Gasteiger partial charge is 0.494 e. The van der Waals surface area contributed by atoms with Gasteiger partial charge in [0, 0.05) is 75.8 Å². The van der Waals surface area contributed by atoms with Gasteiger partial charge in [0.05, 0.1) is 46.4 Å². The molecule has 296 valence electrons. The Kier molecular flexibility index (Phi) is 10.5. The second-order valence-electron chi connectivity index (χ2n) is 13.6. The van der Waals surface area contributed by atoms with Gasteiger partial charge in [0.1, 0.15) is 23.4 Å². The van der Waals surface area contributed by atoms with Crippen molar-refractivity contribution in [3.05, 3.63) is 100 Å². The van der Waals surface area contributed by atoms with Crippen molar-refractivity contribution in [1.29, 1.82) is 0 Å². The summed E-state index contributed by atoms with van der Waals surface area (Å²) in [4.78, 5) is 71.6. The summed E-state index contributed by atoms with van der Waals surface area (Å²) < 4.78 is 63.0. The first-order chi connectivity index (χ1) is 27.2. The minimum absolute atomic E-state index is 0.00542. The average Bonchev–Trinajstić information content (AvgIpc) is 3.42. The molecule has 0 saturated carbocycles. The number of para-hydroxylation sites is 1. The first-order valence-corrected chi connectivity index (χ1v) is 17.9. The number of benzene rings is 3. The molecule has 4 heterocycles. The smallest absolute Gasteiger partial charge is 0.419 e. The number of rotatable bonds is 10. The fourth-order valence-corrected chi connectivity index (χ4v) is 7.10. The van der Waals surface area contributed by atoms with Crippen molar-refractivity contribution in [3.8, 4) is 5.75 Å². The lowest BCUT2D eigenvalue weighted by atomic mass is 10.0. The topological polar surface area (TPSA) is 165 Å². The number of anilines is 5. The second-order valence-corrected chi connectivity index (χ2v) is 13.6. The molecular weight excluding hydrogens is 752 g/mol. The Morgan fingerprint density at radius 1 is 0.912 bits per heavy atom. The van der Waals surface area contributed by atoms with E-state index in [2.05, 4.69) is 31.2 Å². The molecular formula is C39H36F4N8O6. The van der Waals surface area contributed by atoms with Gasteiger partial charge < -0.3 is 25.6 Å². The van der Waals surface area contributed by atoms with Crippen LogP contribution in [0.1, 0.15) is 55.0 Å². The Balaban J connectivity index is 1.02. The third-order valence-corrected chi connectivity index (χ3v) is 10.1. The van der Waals surface area contributed by atoms with Gasteiger partial charge >= 0.3 is 6.18 Å². The number of carbonyl (C=O) groups excluding carboxylic acids is 5. The number of halogens is 4. The van der Waals surface area contributed by atoms with E-state index in [9.17, 15) is 37.1 Å². The number of piperazine rings is 1. The van der Waals surface area contributed by atoms with Crippen LogP contribution < -0.4 is 30.9 Å². The lowest BCUT2D eigenvalue weighted by Crippen LogP contribution is -2.54. The first-order valence-electron chi connectivity index (χ1n) is 17.9. The molecule has 57 heavy (non-hydrogen) atoms. The summed E-state index contributed by atoms with van der Waals surface area (Å²) >= 11 is 0. The monoisotopic (exact) mass is 788 g/mol. The number of hydrogen-bond acceptors (Lipinski definition) is 11. The summed E-state index contributed by atoms with van der Waals surface area (Å²) in [6.07, 6.45) is -4.07. The van der Waals surface area contributed by atoms with Gasteiger partial charge in [0.2, 0.25) is 11.8 Å². The number of pyridine rings is 1. The number of imide groups is 2. The maximum Gasteiger partial charge on any atom is 0.419 e. The number of nitrogens with one attached hydrogen (secondary N) is 4. The molecule has 3 aliphatic heterocycles. The van der Waals surface area contributed by atoms with Gasteiger partial charge in [-0.1, -0.05) is 12.1 Å². The molecule has 14 nitrogen and oxygen atoms in total. The van der Waals surface area contributed by atoms with Crippen LogP contribution in [0, 0.1) is 5.82 Å². The molecule has 5 amide bonds. The Morgan fingerprint density at radius 3 is 2.32 bits per heavy atom. The molecule has 0 bridgehead atoms. The van der Waals surface area contributed by atoms with Crippen molar-refractivity contribution in [1.82, 2.24) is 25.4 Å². The van der Waals surface area contributed by atoms with Gasteiger partial charge in [-0.05, 0) is 42.8 Å². The van der Waals surface area contributed by atoms with E-state index >= 15 is 4.39 Å². The molecule has 0 spiro atoms. The van der Waals surface area contributed by atoms with Gasteiger partial charge in [0.15, 0.2) is 0 Å². The molecule has 2 fully saturated rings. The zero-order chi connectivity index (χ0) is 40.6. The maximum atomic E-state index is 15.3. The minimum atomic E-state index is -4.74. The molecule has 1 aromatic heterocycles. The van der Waals surface area contributed by atoms with Crippen molar-refractivity contribution in [2.45, 2.75) is 31.6 Å². The first kappa shape index (κ1) is 38.7. The molecule has 7 rings (SSSR count). The molecule has 3 aliphatic rings. The highest BCUT2D eigenvalue weighted by molar-refractivity contribution is 6.23. The van der Waals surface area contributed by atoms with Crippen molar-refractivity contribution < 1.29 is 46.3 Å². The van der Waals surface area contributed by atoms with Gasteiger partial charge in [-0.25, -0.2) is 9.37 Å². The summed E-state index contributed by atoms with van der Waals surface area (Å²) in [7, 11) is 2.88. The fraction of sp³-hybridized carbons (Fsp3) is 0.282. The number of ether oxygens (including phenoxy) is 1. The van der Waals surface area contributed by atoms with E-state index in [-0.39, 0.29) is 58.8 Å². The predicted molar refractivity (Wildman–Crippen MR) is 199 cm³/mol. The summed E-state index contributed by atoms with van der Waals surface area (Å²) in [5.41, 5.74) is 0.303. The van der Waals surface area contributed by atoms with E-state index in [4.69, 9.17) is 4.74 Å². The van der Waals surface area contributed by atoms with Crippen molar-refractivity contribution in [3.63, 3.8) is 0 Å². The normalized spacial score (nSPS) is 17.3. The van der Waals surface area contributed by atoms with Crippen LogP contribution >= 0.6 is 0 Å². The summed E-state index contributed by atoms with van der Waals surface area (Å²) in [6.45, 7) is 2.27. The molecule has 4 N–H and O–H groups in total. The van der Waals surface area contributed by atoms with Crippen LogP contribution in [0.3, 0.4) is 0 Å². The molecule has 3 aromatic carbocycles. The highest BCUT2D eigenvalue weighted by atomic mass is 19.4. The van der Waals surface area contributed by atoms with Crippen LogP contribution in [0.15, 0.2) is 66.9 Å². The number of alkyl halides is 3.